The first kappa shape index (κ1) is 16.5. The van der Waals surface area contributed by atoms with E-state index in [1.54, 1.807) is 11.1 Å². The van der Waals surface area contributed by atoms with Crippen molar-refractivity contribution in [3.05, 3.63) is 17.8 Å². The van der Waals surface area contributed by atoms with Gasteiger partial charge >= 0.3 is 6.09 Å². The number of ether oxygens (including phenoxy) is 1. The lowest BCUT2D eigenvalue weighted by Crippen LogP contribution is -2.39. The minimum atomic E-state index is -0.472. The molecule has 2 N–H and O–H groups in total. The number of nitrogens with zero attached hydrogens (tertiary/aromatic N) is 4. The standard InChI is InChI=1S/C15H25N5O2/c1-15(2,3)22-14(21)20-8-4-7-19(9-10-20)13-12(11-16)5-6-17-18-13/h5-6H,4,7-11,16H2,1-3H3. The van der Waals surface area contributed by atoms with E-state index in [2.05, 4.69) is 15.1 Å². The van der Waals surface area contributed by atoms with E-state index in [0.717, 1.165) is 24.3 Å². The first-order valence-corrected chi connectivity index (χ1v) is 7.64. The topological polar surface area (TPSA) is 84.6 Å². The molecular formula is C15H25N5O2. The zero-order chi connectivity index (χ0) is 16.2. The molecule has 2 rings (SSSR count). The van der Waals surface area contributed by atoms with Gasteiger partial charge in [0.25, 0.3) is 0 Å². The van der Waals surface area contributed by atoms with Crippen LogP contribution in [-0.2, 0) is 11.3 Å². The van der Waals surface area contributed by atoms with E-state index in [0.29, 0.717) is 26.2 Å². The first-order valence-electron chi connectivity index (χ1n) is 7.64. The second-order valence-corrected chi connectivity index (χ2v) is 6.39. The number of nitrogens with two attached hydrogens (primary N) is 1. The Kier molecular flexibility index (Phi) is 5.18. The van der Waals surface area contributed by atoms with Crippen molar-refractivity contribution in [3.63, 3.8) is 0 Å². The van der Waals surface area contributed by atoms with Crippen LogP contribution in [0.5, 0.6) is 0 Å². The molecule has 7 nitrogen and oxygen atoms in total. The van der Waals surface area contributed by atoms with Crippen LogP contribution < -0.4 is 10.6 Å². The van der Waals surface area contributed by atoms with Crippen molar-refractivity contribution in [2.45, 2.75) is 39.3 Å². The lowest BCUT2D eigenvalue weighted by atomic mass is 10.2. The number of carbonyl (C=O) groups is 1. The van der Waals surface area contributed by atoms with E-state index < -0.39 is 5.60 Å². The summed E-state index contributed by atoms with van der Waals surface area (Å²) in [5.41, 5.74) is 6.26. The summed E-state index contributed by atoms with van der Waals surface area (Å²) >= 11 is 0. The summed E-state index contributed by atoms with van der Waals surface area (Å²) in [6.45, 7) is 8.87. The first-order chi connectivity index (χ1) is 10.4. The number of aromatic nitrogens is 2. The minimum Gasteiger partial charge on any atom is -0.444 e. The van der Waals surface area contributed by atoms with Crippen molar-refractivity contribution in [1.29, 1.82) is 0 Å². The zero-order valence-electron chi connectivity index (χ0n) is 13.6. The quantitative estimate of drug-likeness (QED) is 0.888. The fraction of sp³-hybridized carbons (Fsp3) is 0.667. The predicted molar refractivity (Wildman–Crippen MR) is 84.6 cm³/mol. The fourth-order valence-corrected chi connectivity index (χ4v) is 2.41. The van der Waals surface area contributed by atoms with Crippen molar-refractivity contribution in [2.24, 2.45) is 5.73 Å². The van der Waals surface area contributed by atoms with E-state index in [4.69, 9.17) is 10.5 Å². The predicted octanol–water partition coefficient (Wildman–Crippen LogP) is 1.38. The van der Waals surface area contributed by atoms with Crippen molar-refractivity contribution in [2.75, 3.05) is 31.1 Å². The summed E-state index contributed by atoms with van der Waals surface area (Å²) in [6.07, 6.45) is 2.25. The van der Waals surface area contributed by atoms with Crippen LogP contribution in [0.1, 0.15) is 32.8 Å². The van der Waals surface area contributed by atoms with Crippen LogP contribution in [0.25, 0.3) is 0 Å². The molecule has 1 aliphatic heterocycles. The summed E-state index contributed by atoms with van der Waals surface area (Å²) < 4.78 is 5.44. The van der Waals surface area contributed by atoms with Crippen molar-refractivity contribution in [3.8, 4) is 0 Å². The van der Waals surface area contributed by atoms with Crippen LogP contribution in [0, 0.1) is 0 Å². The number of hydrogen-bond donors (Lipinski definition) is 1. The van der Waals surface area contributed by atoms with E-state index in [1.807, 2.05) is 26.8 Å². The molecule has 1 aromatic rings. The third-order valence-electron chi connectivity index (χ3n) is 3.45. The van der Waals surface area contributed by atoms with E-state index in [9.17, 15) is 4.79 Å². The summed E-state index contributed by atoms with van der Waals surface area (Å²) in [6, 6.07) is 1.89. The Labute approximate surface area is 131 Å². The Morgan fingerprint density at radius 3 is 2.77 bits per heavy atom. The van der Waals surface area contributed by atoms with Gasteiger partial charge in [0.2, 0.25) is 0 Å². The van der Waals surface area contributed by atoms with Gasteiger partial charge in [-0.2, -0.15) is 5.10 Å². The molecule has 0 saturated carbocycles. The SMILES string of the molecule is CC(C)(C)OC(=O)N1CCCN(c2nnccc2CN)CC1. The van der Waals surface area contributed by atoms with Gasteiger partial charge in [0.1, 0.15) is 5.60 Å². The minimum absolute atomic E-state index is 0.257. The Hall–Kier alpha value is -1.89. The second kappa shape index (κ2) is 6.91. The normalized spacial score (nSPS) is 16.4. The molecule has 2 heterocycles. The highest BCUT2D eigenvalue weighted by atomic mass is 16.6. The van der Waals surface area contributed by atoms with Crippen LogP contribution in [0.4, 0.5) is 10.6 Å². The van der Waals surface area contributed by atoms with E-state index in [-0.39, 0.29) is 6.09 Å². The maximum atomic E-state index is 12.2. The zero-order valence-corrected chi connectivity index (χ0v) is 13.6. The van der Waals surface area contributed by atoms with Crippen molar-refractivity contribution < 1.29 is 9.53 Å². The van der Waals surface area contributed by atoms with Crippen LogP contribution in [0.15, 0.2) is 12.3 Å². The maximum absolute atomic E-state index is 12.2. The van der Waals surface area contributed by atoms with Crippen LogP contribution in [0.3, 0.4) is 0 Å². The summed E-state index contributed by atoms with van der Waals surface area (Å²) in [7, 11) is 0. The lowest BCUT2D eigenvalue weighted by molar-refractivity contribution is 0.0263. The summed E-state index contributed by atoms with van der Waals surface area (Å²) in [5, 5.41) is 8.15. The monoisotopic (exact) mass is 307 g/mol. The van der Waals surface area contributed by atoms with Gasteiger partial charge in [-0.15, -0.1) is 5.10 Å². The number of amides is 1. The second-order valence-electron chi connectivity index (χ2n) is 6.39. The third kappa shape index (κ3) is 4.30. The van der Waals surface area contributed by atoms with Gasteiger partial charge < -0.3 is 20.3 Å². The number of rotatable bonds is 2. The highest BCUT2D eigenvalue weighted by Gasteiger charge is 2.25. The largest absolute Gasteiger partial charge is 0.444 e. The molecule has 122 valence electrons. The van der Waals surface area contributed by atoms with E-state index in [1.165, 1.54) is 0 Å². The fourth-order valence-electron chi connectivity index (χ4n) is 2.41. The highest BCUT2D eigenvalue weighted by molar-refractivity contribution is 5.68. The average Bonchev–Trinajstić information content (AvgIpc) is 2.71. The van der Waals surface area contributed by atoms with Crippen LogP contribution in [0.2, 0.25) is 0 Å². The third-order valence-corrected chi connectivity index (χ3v) is 3.45. The van der Waals surface area contributed by atoms with E-state index >= 15 is 0 Å². The Morgan fingerprint density at radius 1 is 1.32 bits per heavy atom. The molecule has 22 heavy (non-hydrogen) atoms. The van der Waals surface area contributed by atoms with Gasteiger partial charge in [-0.1, -0.05) is 0 Å². The smallest absolute Gasteiger partial charge is 0.410 e. The summed E-state index contributed by atoms with van der Waals surface area (Å²) in [4.78, 5) is 16.1. The van der Waals surface area contributed by atoms with Gasteiger partial charge in [-0.25, -0.2) is 4.79 Å². The average molecular weight is 307 g/mol. The molecule has 0 radical (unpaired) electrons. The van der Waals surface area contributed by atoms with Gasteiger partial charge in [0.15, 0.2) is 5.82 Å². The molecule has 7 heteroatoms. The molecule has 0 aliphatic carbocycles. The van der Waals surface area contributed by atoms with Gasteiger partial charge in [-0.3, -0.25) is 0 Å². The Morgan fingerprint density at radius 2 is 2.09 bits per heavy atom. The van der Waals surface area contributed by atoms with Gasteiger partial charge in [0, 0.05) is 38.3 Å². The van der Waals surface area contributed by atoms with Crippen molar-refractivity contribution >= 4 is 11.9 Å². The summed E-state index contributed by atoms with van der Waals surface area (Å²) in [5.74, 6) is 0.816. The van der Waals surface area contributed by atoms with Gasteiger partial charge in [0.05, 0.1) is 6.20 Å². The Bertz CT molecular complexity index is 515. The lowest BCUT2D eigenvalue weighted by Gasteiger charge is -2.27. The molecule has 1 saturated heterocycles. The molecule has 1 fully saturated rings. The highest BCUT2D eigenvalue weighted by Crippen LogP contribution is 2.18. The molecule has 1 aromatic heterocycles. The van der Waals surface area contributed by atoms with Crippen molar-refractivity contribution in [1.82, 2.24) is 15.1 Å². The molecule has 0 bridgehead atoms. The molecule has 0 unspecified atom stereocenters. The number of hydrogen-bond acceptors (Lipinski definition) is 6. The molecule has 0 aromatic carbocycles. The molecule has 1 aliphatic rings. The maximum Gasteiger partial charge on any atom is 0.410 e. The van der Waals surface area contributed by atoms with Crippen LogP contribution in [-0.4, -0.2) is 53.0 Å². The van der Waals surface area contributed by atoms with Crippen LogP contribution >= 0.6 is 0 Å². The van der Waals surface area contributed by atoms with Gasteiger partial charge in [-0.05, 0) is 33.3 Å². The Balaban J connectivity index is 2.02. The number of anilines is 1. The number of carbonyl (C=O) groups excluding carboxylic acids is 1. The molecule has 0 atom stereocenters. The molecular weight excluding hydrogens is 282 g/mol. The molecule has 0 spiro atoms. The molecule has 1 amide bonds.